The molecule has 0 atom stereocenters. The fraction of sp³-hybridized carbons (Fsp3) is 0.412. The van der Waals surface area contributed by atoms with Crippen molar-refractivity contribution >= 4 is 34.8 Å². The molecule has 0 unspecified atom stereocenters. The van der Waals surface area contributed by atoms with E-state index in [0.29, 0.717) is 56.2 Å². The molecule has 0 saturated heterocycles. The van der Waals surface area contributed by atoms with Crippen molar-refractivity contribution in [2.75, 3.05) is 48.0 Å². The van der Waals surface area contributed by atoms with Crippen molar-refractivity contribution in [2.24, 2.45) is 5.41 Å². The number of pyridine rings is 1. The van der Waals surface area contributed by atoms with E-state index in [0.717, 1.165) is 36.3 Å². The molecule has 3 heterocycles. The summed E-state index contributed by atoms with van der Waals surface area (Å²) >= 11 is 0. The topological polar surface area (TPSA) is 95.1 Å². The normalized spacial score (nSPS) is 16.2. The molecule has 43 heavy (non-hydrogen) atoms. The number of ether oxygens (including phenoxy) is 1. The third-order valence-electron chi connectivity index (χ3n) is 8.29. The lowest BCUT2D eigenvalue weighted by atomic mass is 9.90. The summed E-state index contributed by atoms with van der Waals surface area (Å²) in [5.74, 6) is 0.400. The summed E-state index contributed by atoms with van der Waals surface area (Å²) in [5, 5.41) is 3.47. The van der Waals surface area contributed by atoms with Crippen molar-refractivity contribution in [1.82, 2.24) is 10.3 Å². The number of carbonyl (C=O) groups excluding carboxylic acids is 3. The number of aryl methyl sites for hydroxylation is 1. The van der Waals surface area contributed by atoms with E-state index in [4.69, 9.17) is 4.74 Å². The van der Waals surface area contributed by atoms with Gasteiger partial charge in [0.1, 0.15) is 11.2 Å². The van der Waals surface area contributed by atoms with E-state index in [9.17, 15) is 14.4 Å². The largest absolute Gasteiger partial charge is 0.493 e. The van der Waals surface area contributed by atoms with Crippen LogP contribution in [-0.2, 0) is 33.8 Å². The second kappa shape index (κ2) is 13.0. The fourth-order valence-corrected chi connectivity index (χ4v) is 5.83. The lowest BCUT2D eigenvalue weighted by Gasteiger charge is -2.29. The van der Waals surface area contributed by atoms with E-state index in [1.807, 2.05) is 60.5 Å². The van der Waals surface area contributed by atoms with Gasteiger partial charge in [0, 0.05) is 63.2 Å². The van der Waals surface area contributed by atoms with Crippen LogP contribution in [0.25, 0.3) is 0 Å². The standard InChI is InChI=1S/C34H41N5O4/c1-5-38-29-13-12-27(22-30(29)37(4)32(41)34(2,3)33(38)42)43-20-8-17-35-23-24-15-18-36-26(21-24)16-19-39-28-10-7-6-9-25(28)11-14-31(39)40/h6-7,9-10,12-13,15,18,21-22,35H,5,8,11,14,16-17,19-20,23H2,1-4H3. The number of hydrogen-bond acceptors (Lipinski definition) is 6. The molecule has 0 radical (unpaired) electrons. The molecule has 9 heteroatoms. The van der Waals surface area contributed by atoms with Gasteiger partial charge >= 0.3 is 0 Å². The lowest BCUT2D eigenvalue weighted by molar-refractivity contribution is -0.137. The van der Waals surface area contributed by atoms with Crippen LogP contribution in [0, 0.1) is 5.41 Å². The van der Waals surface area contributed by atoms with Gasteiger partial charge in [0.25, 0.3) is 0 Å². The van der Waals surface area contributed by atoms with Crippen LogP contribution in [0.4, 0.5) is 17.1 Å². The Balaban J connectivity index is 1.09. The highest BCUT2D eigenvalue weighted by molar-refractivity contribution is 6.20. The molecular formula is C34H41N5O4. The number of nitrogens with one attached hydrogen (secondary N) is 1. The summed E-state index contributed by atoms with van der Waals surface area (Å²) in [7, 11) is 1.71. The first kappa shape index (κ1) is 30.2. The molecule has 0 aliphatic carbocycles. The highest BCUT2D eigenvalue weighted by atomic mass is 16.5. The monoisotopic (exact) mass is 583 g/mol. The van der Waals surface area contributed by atoms with Gasteiger partial charge in [0.15, 0.2) is 0 Å². The quantitative estimate of drug-likeness (QED) is 0.264. The van der Waals surface area contributed by atoms with Gasteiger partial charge in [-0.1, -0.05) is 18.2 Å². The molecular weight excluding hydrogens is 542 g/mol. The number of aromatic nitrogens is 1. The molecule has 3 amide bonds. The summed E-state index contributed by atoms with van der Waals surface area (Å²) in [5.41, 5.74) is 4.61. The van der Waals surface area contributed by atoms with Crippen molar-refractivity contribution in [3.05, 3.63) is 77.6 Å². The van der Waals surface area contributed by atoms with Crippen molar-refractivity contribution in [3.8, 4) is 5.75 Å². The highest BCUT2D eigenvalue weighted by Crippen LogP contribution is 2.40. The van der Waals surface area contributed by atoms with Gasteiger partial charge < -0.3 is 24.8 Å². The Morgan fingerprint density at radius 1 is 0.930 bits per heavy atom. The van der Waals surface area contributed by atoms with Gasteiger partial charge in [0.05, 0.1) is 18.0 Å². The van der Waals surface area contributed by atoms with Crippen molar-refractivity contribution < 1.29 is 19.1 Å². The Morgan fingerprint density at radius 2 is 1.74 bits per heavy atom. The Bertz CT molecular complexity index is 1500. The predicted octanol–water partition coefficient (Wildman–Crippen LogP) is 4.52. The molecule has 1 N–H and O–H groups in total. The zero-order valence-corrected chi connectivity index (χ0v) is 25.6. The Kier molecular flexibility index (Phi) is 9.11. The predicted molar refractivity (Wildman–Crippen MR) is 169 cm³/mol. The number of fused-ring (bicyclic) bond motifs is 2. The van der Waals surface area contributed by atoms with Crippen LogP contribution in [0.3, 0.4) is 0 Å². The minimum absolute atomic E-state index is 0.173. The Morgan fingerprint density at radius 3 is 2.56 bits per heavy atom. The van der Waals surface area contributed by atoms with Crippen LogP contribution in [0.1, 0.15) is 50.4 Å². The smallest absolute Gasteiger partial charge is 0.242 e. The third kappa shape index (κ3) is 6.41. The van der Waals surface area contributed by atoms with Crippen molar-refractivity contribution in [1.29, 1.82) is 0 Å². The number of rotatable bonds is 11. The molecule has 2 aromatic carbocycles. The van der Waals surface area contributed by atoms with Crippen LogP contribution >= 0.6 is 0 Å². The number of hydrogen-bond donors (Lipinski definition) is 1. The second-order valence-electron chi connectivity index (χ2n) is 11.6. The molecule has 9 nitrogen and oxygen atoms in total. The second-order valence-corrected chi connectivity index (χ2v) is 11.6. The van der Waals surface area contributed by atoms with Crippen molar-refractivity contribution in [2.45, 2.75) is 53.0 Å². The first-order valence-electron chi connectivity index (χ1n) is 15.1. The van der Waals surface area contributed by atoms with E-state index in [1.165, 1.54) is 5.56 Å². The van der Waals surface area contributed by atoms with Gasteiger partial charge in [-0.15, -0.1) is 0 Å². The van der Waals surface area contributed by atoms with Crippen molar-refractivity contribution in [3.63, 3.8) is 0 Å². The maximum absolute atomic E-state index is 13.1. The molecule has 226 valence electrons. The number of amides is 3. The van der Waals surface area contributed by atoms with Gasteiger partial charge in [-0.2, -0.15) is 0 Å². The van der Waals surface area contributed by atoms with Gasteiger partial charge in [-0.05, 0) is 81.6 Å². The average Bonchev–Trinajstić information content (AvgIpc) is 3.06. The molecule has 0 saturated carbocycles. The number of para-hydroxylation sites is 1. The molecule has 1 aromatic heterocycles. The van der Waals surface area contributed by atoms with E-state index in [1.54, 1.807) is 30.7 Å². The molecule has 5 rings (SSSR count). The zero-order chi connectivity index (χ0) is 30.6. The summed E-state index contributed by atoms with van der Waals surface area (Å²) in [6.45, 7) is 8.36. The average molecular weight is 584 g/mol. The Hall–Kier alpha value is -4.24. The molecule has 3 aromatic rings. The number of carbonyl (C=O) groups is 3. The Labute approximate surface area is 253 Å². The minimum Gasteiger partial charge on any atom is -0.493 e. The SMILES string of the molecule is CCN1C(=O)C(C)(C)C(=O)N(C)c2cc(OCCCNCc3ccnc(CCN4C(=O)CCc5ccccc54)c3)ccc21. The van der Waals surface area contributed by atoms with Gasteiger partial charge in [0.2, 0.25) is 17.7 Å². The maximum atomic E-state index is 13.1. The fourth-order valence-electron chi connectivity index (χ4n) is 5.83. The van der Waals surface area contributed by atoms with Crippen LogP contribution < -0.4 is 24.8 Å². The van der Waals surface area contributed by atoms with E-state index >= 15 is 0 Å². The number of anilines is 3. The maximum Gasteiger partial charge on any atom is 0.242 e. The van der Waals surface area contributed by atoms with Gasteiger partial charge in [-0.25, -0.2) is 0 Å². The summed E-state index contributed by atoms with van der Waals surface area (Å²) in [4.78, 5) is 48.4. The van der Waals surface area contributed by atoms with Crippen LogP contribution in [0.5, 0.6) is 5.75 Å². The number of benzene rings is 2. The summed E-state index contributed by atoms with van der Waals surface area (Å²) in [6, 6.07) is 17.8. The minimum atomic E-state index is -1.13. The molecule has 2 aliphatic rings. The third-order valence-corrected chi connectivity index (χ3v) is 8.29. The van der Waals surface area contributed by atoms with Crippen LogP contribution in [0.15, 0.2) is 60.8 Å². The van der Waals surface area contributed by atoms with E-state index in [2.05, 4.69) is 22.4 Å². The number of nitrogens with zero attached hydrogens (tertiary/aromatic N) is 4. The summed E-state index contributed by atoms with van der Waals surface area (Å²) in [6.07, 6.45) is 4.69. The molecule has 2 aliphatic heterocycles. The highest BCUT2D eigenvalue weighted by Gasteiger charge is 2.45. The van der Waals surface area contributed by atoms with Crippen LogP contribution in [-0.4, -0.2) is 56.0 Å². The van der Waals surface area contributed by atoms with Crippen LogP contribution in [0.2, 0.25) is 0 Å². The molecule has 0 spiro atoms. The first-order valence-corrected chi connectivity index (χ1v) is 15.1. The lowest BCUT2D eigenvalue weighted by Crippen LogP contribution is -2.47. The van der Waals surface area contributed by atoms with Gasteiger partial charge in [-0.3, -0.25) is 19.4 Å². The first-order chi connectivity index (χ1) is 20.7. The zero-order valence-electron chi connectivity index (χ0n) is 25.6. The molecule has 0 fully saturated rings. The summed E-state index contributed by atoms with van der Waals surface area (Å²) < 4.78 is 6.02. The molecule has 0 bridgehead atoms. The van der Waals surface area contributed by atoms with E-state index < -0.39 is 5.41 Å². The van der Waals surface area contributed by atoms with E-state index in [-0.39, 0.29) is 17.7 Å².